The first-order valence-corrected chi connectivity index (χ1v) is 21.2. The van der Waals surface area contributed by atoms with Gasteiger partial charge in [-0.2, -0.15) is 11.8 Å². The molecule has 1 aliphatic carbocycles. The highest BCUT2D eigenvalue weighted by Gasteiger charge is 2.62. The molecule has 0 aromatic carbocycles. The van der Waals surface area contributed by atoms with E-state index in [4.69, 9.17) is 69.6 Å². The summed E-state index contributed by atoms with van der Waals surface area (Å²) < 4.78 is 93.1. The topological polar surface area (TPSA) is 464 Å². The van der Waals surface area contributed by atoms with Crippen LogP contribution in [0.5, 0.6) is 0 Å². The highest BCUT2D eigenvalue weighted by atomic mass is 32.2. The number of aliphatic carboxylic acids is 1. The van der Waals surface area contributed by atoms with Crippen molar-refractivity contribution >= 4 is 64.7 Å². The second-order valence-electron chi connectivity index (χ2n) is 8.09. The van der Waals surface area contributed by atoms with E-state index < -0.39 is 95.6 Å². The molecule has 45 heavy (non-hydrogen) atoms. The average Bonchev–Trinajstić information content (AvgIpc) is 2.75. The molecule has 0 amide bonds. The minimum Gasteiger partial charge on any atom is -0.480 e. The van der Waals surface area contributed by atoms with Crippen LogP contribution in [-0.4, -0.2) is 124 Å². The van der Waals surface area contributed by atoms with Gasteiger partial charge < -0.3 is 69.6 Å². The number of carboxylic acids is 1. The number of hydrogen-bond acceptors (Lipinski definition) is 15. The Labute approximate surface area is 254 Å². The van der Waals surface area contributed by atoms with Gasteiger partial charge in [-0.15, -0.1) is 0 Å². The molecular weight excluding hydrogens is 780 g/mol. The molecule has 1 rings (SSSR count). The van der Waals surface area contributed by atoms with Crippen molar-refractivity contribution in [3.8, 4) is 0 Å². The molecule has 0 saturated heterocycles. The Morgan fingerprint density at radius 3 is 0.844 bits per heavy atom. The molecule has 1 fully saturated rings. The van der Waals surface area contributed by atoms with Crippen LogP contribution in [0.4, 0.5) is 0 Å². The Balaban J connectivity index is 0.00000186. The Bertz CT molecular complexity index is 1030. The van der Waals surface area contributed by atoms with E-state index in [1.807, 2.05) is 6.26 Å². The Kier molecular flexibility index (Phi) is 17.6. The molecule has 27 nitrogen and oxygen atoms in total. The fourth-order valence-corrected chi connectivity index (χ4v) is 6.99. The van der Waals surface area contributed by atoms with Crippen LogP contribution < -0.4 is 5.73 Å². The molecule has 0 heterocycles. The van der Waals surface area contributed by atoms with Gasteiger partial charge in [0.25, 0.3) is 0 Å². The van der Waals surface area contributed by atoms with E-state index in [2.05, 4.69) is 27.1 Å². The first-order chi connectivity index (χ1) is 19.8. The zero-order valence-corrected chi connectivity index (χ0v) is 27.9. The molecule has 270 valence electrons. The highest BCUT2D eigenvalue weighted by molar-refractivity contribution is 7.98. The monoisotopic (exact) mass is 809 g/mol. The van der Waals surface area contributed by atoms with E-state index in [1.165, 1.54) is 0 Å². The van der Waals surface area contributed by atoms with Gasteiger partial charge in [0.2, 0.25) is 0 Å². The van der Waals surface area contributed by atoms with Crippen molar-refractivity contribution in [2.45, 2.75) is 49.1 Å². The molecule has 34 heteroatoms. The molecule has 0 aromatic heterocycles. The van der Waals surface area contributed by atoms with Crippen molar-refractivity contribution in [3.63, 3.8) is 0 Å². The van der Waals surface area contributed by atoms with Crippen LogP contribution in [0.25, 0.3) is 0 Å². The lowest BCUT2D eigenvalue weighted by atomic mass is 9.85. The van der Waals surface area contributed by atoms with Gasteiger partial charge in [-0.25, -0.2) is 27.4 Å². The lowest BCUT2D eigenvalue weighted by Gasteiger charge is -2.48. The van der Waals surface area contributed by atoms with E-state index in [1.54, 1.807) is 11.8 Å². The lowest BCUT2D eigenvalue weighted by molar-refractivity contribution is -0.202. The second kappa shape index (κ2) is 17.4. The minimum atomic E-state index is -6.02. The predicted octanol–water partition coefficient (Wildman–Crippen LogP) is -2.98. The Morgan fingerprint density at radius 2 is 0.733 bits per heavy atom. The first kappa shape index (κ1) is 45.4. The maximum absolute atomic E-state index is 11.4. The summed E-state index contributed by atoms with van der Waals surface area (Å²) in [6.45, 7) is 0. The molecule has 0 unspecified atom stereocenters. The van der Waals surface area contributed by atoms with Crippen molar-refractivity contribution in [1.82, 2.24) is 0 Å². The van der Waals surface area contributed by atoms with E-state index in [-0.39, 0.29) is 0 Å². The Morgan fingerprint density at radius 1 is 0.556 bits per heavy atom. The van der Waals surface area contributed by atoms with Gasteiger partial charge in [-0.1, -0.05) is 0 Å². The number of carboxylic acid groups (broad SMARTS) is 1. The van der Waals surface area contributed by atoms with Gasteiger partial charge in [0.1, 0.15) is 42.7 Å². The highest BCUT2D eigenvalue weighted by Crippen LogP contribution is 2.57. The number of thioether (sulfide) groups is 1. The third-order valence-electron chi connectivity index (χ3n) is 4.45. The van der Waals surface area contributed by atoms with Gasteiger partial charge in [0, 0.05) is 0 Å². The third kappa shape index (κ3) is 20.5. The number of hydrogen-bond donors (Lipinski definition) is 14. The first-order valence-electron chi connectivity index (χ1n) is 10.7. The zero-order chi connectivity index (χ0) is 36.0. The number of rotatable bonds is 16. The van der Waals surface area contributed by atoms with Crippen LogP contribution in [0, 0.1) is 0 Å². The summed E-state index contributed by atoms with van der Waals surface area (Å²) in [6.07, 6.45) is -16.4. The lowest BCUT2D eigenvalue weighted by Crippen LogP contribution is -2.66. The number of phosphoric ester groups is 6. The standard InChI is InChI=1S/C6H18O24P6.C5H11NO2S/c7-31(8,9)25-1-2(26-32(10,11)12)4(28-34(16,17)18)6(30-36(22,23)24)5(29-35(19,20)21)3(1)27-33(13,14)15;1-9-3-2-4(6)5(7)8/h1-6H,(H2,7,8,9)(H2,10,11,12)(H2,13,14,15)(H2,16,17,18)(H2,19,20,21)(H2,22,23,24);4H,2-3,6H2,1H3,(H,7,8)/t;4-/m.0/s1. The van der Waals surface area contributed by atoms with Crippen LogP contribution in [0.15, 0.2) is 0 Å². The molecule has 0 aliphatic heterocycles. The Hall–Kier alpha value is 0.440. The number of carbonyl (C=O) groups is 1. The SMILES string of the molecule is CSCC[C@H](N)C(=O)O.O=P(O)(O)OC1C(OP(=O)(O)O)C(OP(=O)(O)O)C(OP(=O)(O)O)C(OP(=O)(O)O)C1OP(=O)(O)O. The van der Waals surface area contributed by atoms with Crippen LogP contribution in [0.1, 0.15) is 6.42 Å². The van der Waals surface area contributed by atoms with Crippen molar-refractivity contribution < 1.29 is 123 Å². The van der Waals surface area contributed by atoms with Gasteiger partial charge >= 0.3 is 52.9 Å². The van der Waals surface area contributed by atoms with Gasteiger partial charge in [-0.3, -0.25) is 31.9 Å². The van der Waals surface area contributed by atoms with Crippen LogP contribution >= 0.6 is 58.7 Å². The van der Waals surface area contributed by atoms with Crippen LogP contribution in [0.2, 0.25) is 0 Å². The summed E-state index contributed by atoms with van der Waals surface area (Å²) in [6, 6.07) is -0.683. The van der Waals surface area contributed by atoms with E-state index in [9.17, 15) is 32.2 Å². The largest absolute Gasteiger partial charge is 0.480 e. The summed E-state index contributed by atoms with van der Waals surface area (Å²) in [5, 5.41) is 8.27. The van der Waals surface area contributed by atoms with Crippen molar-refractivity contribution in [2.75, 3.05) is 12.0 Å². The quantitative estimate of drug-likeness (QED) is 0.0692. The van der Waals surface area contributed by atoms with E-state index in [0.717, 1.165) is 5.75 Å². The zero-order valence-electron chi connectivity index (χ0n) is 21.7. The molecule has 15 N–H and O–H groups in total. The maximum atomic E-state index is 11.4. The third-order valence-corrected chi connectivity index (χ3v) is 8.20. The van der Waals surface area contributed by atoms with Crippen molar-refractivity contribution in [2.24, 2.45) is 5.73 Å². The smallest absolute Gasteiger partial charge is 0.470 e. The molecule has 0 spiro atoms. The molecule has 1 saturated carbocycles. The number of phosphoric acid groups is 6. The molecule has 1 aliphatic rings. The van der Waals surface area contributed by atoms with Gasteiger partial charge in [0.15, 0.2) is 0 Å². The molecular formula is C11H29NO26P6S. The van der Waals surface area contributed by atoms with Crippen molar-refractivity contribution in [3.05, 3.63) is 0 Å². The average molecular weight is 809 g/mol. The summed E-state index contributed by atoms with van der Waals surface area (Å²) in [7, 11) is -36.1. The normalized spacial score (nSPS) is 26.1. The summed E-state index contributed by atoms with van der Waals surface area (Å²) in [4.78, 5) is 120. The fourth-order valence-electron chi connectivity index (χ4n) is 3.16. The summed E-state index contributed by atoms with van der Waals surface area (Å²) in [5.74, 6) is -0.1000. The van der Waals surface area contributed by atoms with Crippen LogP contribution in [-0.2, 0) is 59.3 Å². The van der Waals surface area contributed by atoms with Gasteiger partial charge in [-0.05, 0) is 18.4 Å². The molecule has 1 atom stereocenters. The summed E-state index contributed by atoms with van der Waals surface area (Å²) >= 11 is 1.60. The number of nitrogens with two attached hydrogens (primary N) is 1. The van der Waals surface area contributed by atoms with E-state index >= 15 is 0 Å². The summed E-state index contributed by atoms with van der Waals surface area (Å²) in [5.41, 5.74) is 5.19. The van der Waals surface area contributed by atoms with Crippen molar-refractivity contribution in [1.29, 1.82) is 0 Å². The maximum Gasteiger partial charge on any atom is 0.470 e. The van der Waals surface area contributed by atoms with E-state index in [0.29, 0.717) is 6.42 Å². The molecule has 0 bridgehead atoms. The second-order valence-corrected chi connectivity index (χ2v) is 16.2. The predicted molar refractivity (Wildman–Crippen MR) is 140 cm³/mol. The van der Waals surface area contributed by atoms with Crippen LogP contribution in [0.3, 0.4) is 0 Å². The van der Waals surface area contributed by atoms with Gasteiger partial charge in [0.05, 0.1) is 0 Å². The molecule has 0 aromatic rings. The molecule has 0 radical (unpaired) electrons. The fraction of sp³-hybridized carbons (Fsp3) is 0.909. The minimum absolute atomic E-state index is 0.552.